The molecular formula is C74H58N4OS. The molecule has 0 fully saturated rings. The van der Waals surface area contributed by atoms with Crippen LogP contribution in [0.4, 0.5) is 17.1 Å². The molecule has 80 heavy (non-hydrogen) atoms. The van der Waals surface area contributed by atoms with Crippen LogP contribution >= 0.6 is 11.7 Å². The standard InChI is InChI=1S/C74H58N4OS/c1-73(2,3)55-31-19-49(20-32-55)53-29-42-66-64(45-53)65-46-54(50-21-33-56(34-22-50)74(4,5)6)30-43-67(65)78(66)59-39-25-51(26-40-59)60-41-44-68(71-70(60)75-80-76-71)77(57-35-23-48(24-36-57)47-13-8-7-9-14-47)58-37-27-52(28-38-58)61-16-12-17-63-62-15-10-11-18-69(62)79-72(61)63/h7-46H,1-6H3. The van der Waals surface area contributed by atoms with Gasteiger partial charge in [0.1, 0.15) is 22.2 Å². The summed E-state index contributed by atoms with van der Waals surface area (Å²) in [4.78, 5) is 2.30. The summed E-state index contributed by atoms with van der Waals surface area (Å²) in [5.74, 6) is 0. The van der Waals surface area contributed by atoms with E-state index in [4.69, 9.17) is 13.2 Å². The molecule has 3 aromatic heterocycles. The van der Waals surface area contributed by atoms with E-state index in [-0.39, 0.29) is 10.8 Å². The van der Waals surface area contributed by atoms with Crippen LogP contribution in [-0.4, -0.2) is 13.3 Å². The largest absolute Gasteiger partial charge is 0.455 e. The minimum atomic E-state index is 0.0840. The van der Waals surface area contributed by atoms with Gasteiger partial charge in [0.25, 0.3) is 0 Å². The number of para-hydroxylation sites is 2. The first-order valence-corrected chi connectivity index (χ1v) is 28.3. The fourth-order valence-corrected chi connectivity index (χ4v) is 12.2. The summed E-state index contributed by atoms with van der Waals surface area (Å²) in [6, 6.07) is 88.3. The second-order valence-corrected chi connectivity index (χ2v) is 23.7. The van der Waals surface area contributed by atoms with E-state index in [2.05, 4.69) is 282 Å². The van der Waals surface area contributed by atoms with Crippen LogP contribution < -0.4 is 4.90 Å². The monoisotopic (exact) mass is 1050 g/mol. The Hall–Kier alpha value is -9.36. The molecule has 14 aromatic rings. The molecule has 3 heterocycles. The number of rotatable bonds is 9. The van der Waals surface area contributed by atoms with Crippen LogP contribution in [0, 0.1) is 0 Å². The Morgan fingerprint density at radius 2 is 0.850 bits per heavy atom. The lowest BCUT2D eigenvalue weighted by molar-refractivity contribution is 0.590. The highest BCUT2D eigenvalue weighted by Gasteiger charge is 2.23. The third-order valence-electron chi connectivity index (χ3n) is 16.1. The summed E-state index contributed by atoms with van der Waals surface area (Å²) >= 11 is 1.25. The first-order chi connectivity index (χ1) is 38.9. The minimum absolute atomic E-state index is 0.0840. The van der Waals surface area contributed by atoms with Gasteiger partial charge in [-0.25, -0.2) is 0 Å². The van der Waals surface area contributed by atoms with Crippen molar-refractivity contribution in [3.05, 3.63) is 254 Å². The molecule has 0 spiro atoms. The molecule has 6 heteroatoms. The van der Waals surface area contributed by atoms with Crippen molar-refractivity contribution < 1.29 is 4.42 Å². The Balaban J connectivity index is 0.846. The molecule has 0 atom stereocenters. The normalized spacial score (nSPS) is 12.1. The van der Waals surface area contributed by atoms with Gasteiger partial charge in [-0.05, 0) is 145 Å². The fourth-order valence-electron chi connectivity index (χ4n) is 11.7. The fraction of sp³-hybridized carbons (Fsp3) is 0.108. The number of benzene rings is 11. The number of aromatic nitrogens is 3. The second kappa shape index (κ2) is 19.2. The number of anilines is 3. The third-order valence-corrected chi connectivity index (χ3v) is 16.6. The SMILES string of the molecule is CC(C)(C)c1ccc(-c2ccc3c(c2)c2cc(-c4ccc(C(C)(C)C)cc4)ccc2n3-c2ccc(-c3ccc(N(c4ccc(-c5ccccc5)cc4)c4ccc(-c5cccc6c5oc5ccccc56)cc4)c4nsnc34)cc2)cc1. The van der Waals surface area contributed by atoms with Gasteiger partial charge in [0.2, 0.25) is 0 Å². The van der Waals surface area contributed by atoms with Crippen molar-refractivity contribution in [3.8, 4) is 61.3 Å². The lowest BCUT2D eigenvalue weighted by atomic mass is 9.86. The van der Waals surface area contributed by atoms with Gasteiger partial charge in [0.05, 0.1) is 28.4 Å². The maximum Gasteiger partial charge on any atom is 0.143 e. The molecule has 11 aromatic carbocycles. The molecule has 14 rings (SSSR count). The van der Waals surface area contributed by atoms with Gasteiger partial charge in [-0.3, -0.25) is 0 Å². The molecule has 0 amide bonds. The summed E-state index contributed by atoms with van der Waals surface area (Å²) < 4.78 is 19.0. The molecule has 0 N–H and O–H groups in total. The highest BCUT2D eigenvalue weighted by atomic mass is 32.1. The smallest absolute Gasteiger partial charge is 0.143 e. The van der Waals surface area contributed by atoms with Crippen LogP contribution in [0.5, 0.6) is 0 Å². The molecule has 0 aliphatic heterocycles. The molecule has 5 nitrogen and oxygen atoms in total. The number of fused-ring (bicyclic) bond motifs is 7. The molecular weight excluding hydrogens is 993 g/mol. The van der Waals surface area contributed by atoms with Crippen LogP contribution in [0.15, 0.2) is 247 Å². The van der Waals surface area contributed by atoms with Crippen molar-refractivity contribution in [2.75, 3.05) is 4.90 Å². The van der Waals surface area contributed by atoms with Gasteiger partial charge in [-0.1, -0.05) is 205 Å². The van der Waals surface area contributed by atoms with Crippen LogP contribution in [-0.2, 0) is 10.8 Å². The van der Waals surface area contributed by atoms with Crippen molar-refractivity contribution in [2.24, 2.45) is 0 Å². The van der Waals surface area contributed by atoms with Crippen molar-refractivity contribution in [2.45, 2.75) is 52.4 Å². The Labute approximate surface area is 471 Å². The van der Waals surface area contributed by atoms with Gasteiger partial charge in [-0.15, -0.1) is 0 Å². The van der Waals surface area contributed by atoms with Gasteiger partial charge >= 0.3 is 0 Å². The number of nitrogens with zero attached hydrogens (tertiary/aromatic N) is 4. The summed E-state index contributed by atoms with van der Waals surface area (Å²) in [6.45, 7) is 13.6. The highest BCUT2D eigenvalue weighted by molar-refractivity contribution is 7.00. The Morgan fingerprint density at radius 3 is 1.45 bits per heavy atom. The average Bonchev–Trinajstić information content (AvgIpc) is 4.36. The van der Waals surface area contributed by atoms with Gasteiger partial charge in [0.15, 0.2) is 0 Å². The van der Waals surface area contributed by atoms with E-state index in [1.807, 2.05) is 12.1 Å². The predicted molar refractivity (Wildman–Crippen MR) is 338 cm³/mol. The van der Waals surface area contributed by atoms with E-state index in [9.17, 15) is 0 Å². The van der Waals surface area contributed by atoms with E-state index < -0.39 is 0 Å². The van der Waals surface area contributed by atoms with Crippen molar-refractivity contribution in [1.82, 2.24) is 13.3 Å². The lowest BCUT2D eigenvalue weighted by Crippen LogP contribution is -2.10. The van der Waals surface area contributed by atoms with Crippen molar-refractivity contribution in [3.63, 3.8) is 0 Å². The maximum absolute atomic E-state index is 6.48. The first kappa shape index (κ1) is 49.0. The zero-order valence-electron chi connectivity index (χ0n) is 45.7. The van der Waals surface area contributed by atoms with Gasteiger partial charge in [0, 0.05) is 49.7 Å². The van der Waals surface area contributed by atoms with Gasteiger partial charge in [-0.2, -0.15) is 8.75 Å². The minimum Gasteiger partial charge on any atom is -0.455 e. The Kier molecular flexibility index (Phi) is 11.8. The van der Waals surface area contributed by atoms with Crippen LogP contribution in [0.2, 0.25) is 0 Å². The molecule has 0 bridgehead atoms. The average molecular weight is 1050 g/mol. The Morgan fingerprint density at radius 1 is 0.375 bits per heavy atom. The van der Waals surface area contributed by atoms with E-state index >= 15 is 0 Å². The maximum atomic E-state index is 6.48. The molecule has 0 unspecified atom stereocenters. The summed E-state index contributed by atoms with van der Waals surface area (Å²) in [7, 11) is 0. The summed E-state index contributed by atoms with van der Waals surface area (Å²) in [5, 5.41) is 4.67. The summed E-state index contributed by atoms with van der Waals surface area (Å²) in [6.07, 6.45) is 0. The predicted octanol–water partition coefficient (Wildman–Crippen LogP) is 21.1. The van der Waals surface area contributed by atoms with Crippen molar-refractivity contribution in [1.29, 1.82) is 0 Å². The van der Waals surface area contributed by atoms with Crippen molar-refractivity contribution >= 4 is 83.6 Å². The van der Waals surface area contributed by atoms with Crippen LogP contribution in [0.25, 0.3) is 116 Å². The van der Waals surface area contributed by atoms with Gasteiger partial charge < -0.3 is 13.9 Å². The third kappa shape index (κ3) is 8.64. The van der Waals surface area contributed by atoms with E-state index in [1.165, 1.54) is 61.4 Å². The number of furan rings is 1. The molecule has 0 aliphatic carbocycles. The zero-order valence-corrected chi connectivity index (χ0v) is 46.5. The van der Waals surface area contributed by atoms with E-state index in [1.54, 1.807) is 0 Å². The quantitative estimate of drug-likeness (QED) is 0.145. The second-order valence-electron chi connectivity index (χ2n) is 23.2. The molecule has 0 saturated heterocycles. The highest BCUT2D eigenvalue weighted by Crippen LogP contribution is 2.45. The number of hydrogen-bond acceptors (Lipinski definition) is 5. The molecule has 0 saturated carbocycles. The Bertz CT molecular complexity index is 4500. The van der Waals surface area contributed by atoms with E-state index in [0.29, 0.717) is 0 Å². The topological polar surface area (TPSA) is 47.1 Å². The summed E-state index contributed by atoms with van der Waals surface area (Å²) in [5.41, 5.74) is 24.1. The van der Waals surface area contributed by atoms with E-state index in [0.717, 1.165) is 94.6 Å². The molecule has 0 radical (unpaired) electrons. The zero-order chi connectivity index (χ0) is 54.3. The number of hydrogen-bond donors (Lipinski definition) is 0. The molecule has 0 aliphatic rings. The first-order valence-electron chi connectivity index (χ1n) is 27.5. The van der Waals surface area contributed by atoms with Crippen LogP contribution in [0.3, 0.4) is 0 Å². The molecule has 386 valence electrons. The van der Waals surface area contributed by atoms with Crippen LogP contribution in [0.1, 0.15) is 52.7 Å². The lowest BCUT2D eigenvalue weighted by Gasteiger charge is -2.26.